The molecule has 4 rings (SSSR count). The molecule has 2 bridgehead atoms. The first kappa shape index (κ1) is 18.6. The van der Waals surface area contributed by atoms with Gasteiger partial charge in [-0.2, -0.15) is 0 Å². The molecular weight excluding hydrogens is 338 g/mol. The van der Waals surface area contributed by atoms with Crippen LogP contribution in [-0.2, 0) is 4.79 Å². The first-order valence-electron chi connectivity index (χ1n) is 10.6. The fourth-order valence-electron chi connectivity index (χ4n) is 6.31. The average molecular weight is 372 g/mol. The number of pyridine rings is 1. The highest BCUT2D eigenvalue weighted by atomic mass is 16.3. The van der Waals surface area contributed by atoms with Gasteiger partial charge in [-0.3, -0.25) is 4.79 Å². The van der Waals surface area contributed by atoms with E-state index in [1.165, 1.54) is 38.3 Å². The van der Waals surface area contributed by atoms with Crippen molar-refractivity contribution in [3.63, 3.8) is 0 Å². The van der Waals surface area contributed by atoms with Gasteiger partial charge in [-0.25, -0.2) is 4.98 Å². The van der Waals surface area contributed by atoms with Gasteiger partial charge in [0.2, 0.25) is 5.91 Å². The molecule has 1 aromatic heterocycles. The molecule has 0 spiro atoms. The van der Waals surface area contributed by atoms with Crippen LogP contribution in [0.1, 0.15) is 52.4 Å². The lowest BCUT2D eigenvalue weighted by Gasteiger charge is -2.50. The topological polar surface area (TPSA) is 56.7 Å². The van der Waals surface area contributed by atoms with Gasteiger partial charge in [0.15, 0.2) is 0 Å². The Morgan fingerprint density at radius 1 is 1.11 bits per heavy atom. The smallest absolute Gasteiger partial charge is 0.223 e. The van der Waals surface area contributed by atoms with Gasteiger partial charge in [0.25, 0.3) is 0 Å². The van der Waals surface area contributed by atoms with Crippen LogP contribution in [0.15, 0.2) is 18.3 Å². The standard InChI is InChI=1S/C22H33N3O2/c1-16-9-18-10-17(2)12-22(11-16,13-18)14-21(27)25-7-5-24(6-8-25)20-4-3-19(26)15-23-20/h3-4,15-18,26H,5-14H2,1-2H3. The van der Waals surface area contributed by atoms with E-state index in [1.54, 1.807) is 6.07 Å². The van der Waals surface area contributed by atoms with Crippen molar-refractivity contribution < 1.29 is 9.90 Å². The molecule has 27 heavy (non-hydrogen) atoms. The zero-order valence-corrected chi connectivity index (χ0v) is 16.7. The SMILES string of the molecule is CC1CC2CC(C)CC(CC(=O)N3CCN(c4ccc(O)cn4)CC3)(C1)C2. The highest BCUT2D eigenvalue weighted by Crippen LogP contribution is 2.54. The Balaban J connectivity index is 1.36. The molecule has 2 aliphatic carbocycles. The minimum absolute atomic E-state index is 0.188. The van der Waals surface area contributed by atoms with Crippen molar-refractivity contribution in [3.8, 4) is 5.75 Å². The maximum Gasteiger partial charge on any atom is 0.223 e. The minimum atomic E-state index is 0.188. The monoisotopic (exact) mass is 371 g/mol. The van der Waals surface area contributed by atoms with E-state index in [2.05, 4.69) is 28.6 Å². The van der Waals surface area contributed by atoms with Crippen LogP contribution in [-0.4, -0.2) is 47.1 Å². The lowest BCUT2D eigenvalue weighted by Crippen LogP contribution is -2.51. The van der Waals surface area contributed by atoms with E-state index in [1.807, 2.05) is 6.07 Å². The van der Waals surface area contributed by atoms with Crippen molar-refractivity contribution in [3.05, 3.63) is 18.3 Å². The first-order chi connectivity index (χ1) is 12.9. The van der Waals surface area contributed by atoms with Gasteiger partial charge in [-0.05, 0) is 67.4 Å². The Labute approximate surface area is 162 Å². The molecule has 148 valence electrons. The van der Waals surface area contributed by atoms with Crippen LogP contribution in [0.4, 0.5) is 5.82 Å². The van der Waals surface area contributed by atoms with Crippen molar-refractivity contribution in [1.29, 1.82) is 0 Å². The van der Waals surface area contributed by atoms with E-state index in [9.17, 15) is 9.90 Å². The fraction of sp³-hybridized carbons (Fsp3) is 0.727. The van der Waals surface area contributed by atoms with Crippen LogP contribution < -0.4 is 4.90 Å². The normalized spacial score (nSPS) is 33.8. The van der Waals surface area contributed by atoms with Crippen LogP contribution in [0.2, 0.25) is 0 Å². The summed E-state index contributed by atoms with van der Waals surface area (Å²) in [5, 5.41) is 9.40. The van der Waals surface area contributed by atoms with Gasteiger partial charge in [0.05, 0.1) is 6.20 Å². The molecule has 5 nitrogen and oxygen atoms in total. The molecule has 1 aromatic rings. The fourth-order valence-corrected chi connectivity index (χ4v) is 6.31. The predicted octanol–water partition coefficient (Wildman–Crippen LogP) is 3.68. The third-order valence-corrected chi connectivity index (χ3v) is 6.97. The number of hydrogen-bond donors (Lipinski definition) is 1. The van der Waals surface area contributed by atoms with Crippen molar-refractivity contribution in [2.75, 3.05) is 31.1 Å². The summed E-state index contributed by atoms with van der Waals surface area (Å²) in [5.41, 5.74) is 0.257. The van der Waals surface area contributed by atoms with Crippen LogP contribution >= 0.6 is 0 Å². The van der Waals surface area contributed by atoms with E-state index in [0.717, 1.165) is 56.2 Å². The number of anilines is 1. The van der Waals surface area contributed by atoms with Crippen LogP contribution in [0.25, 0.3) is 0 Å². The summed E-state index contributed by atoms with van der Waals surface area (Å²) in [7, 11) is 0. The summed E-state index contributed by atoms with van der Waals surface area (Å²) in [6.45, 7) is 7.92. The van der Waals surface area contributed by atoms with E-state index in [-0.39, 0.29) is 11.2 Å². The Hall–Kier alpha value is -1.78. The van der Waals surface area contributed by atoms with Gasteiger partial charge < -0.3 is 14.9 Å². The average Bonchev–Trinajstić information content (AvgIpc) is 2.61. The molecule has 1 saturated heterocycles. The Kier molecular flexibility index (Phi) is 5.04. The molecule has 2 heterocycles. The van der Waals surface area contributed by atoms with Crippen molar-refractivity contribution in [1.82, 2.24) is 9.88 Å². The molecule has 2 atom stereocenters. The minimum Gasteiger partial charge on any atom is -0.506 e. The van der Waals surface area contributed by atoms with Gasteiger partial charge in [0.1, 0.15) is 11.6 Å². The summed E-state index contributed by atoms with van der Waals surface area (Å²) in [4.78, 5) is 21.7. The number of aromatic hydroxyl groups is 1. The number of aromatic nitrogens is 1. The van der Waals surface area contributed by atoms with Gasteiger partial charge in [0, 0.05) is 32.6 Å². The molecule has 1 amide bonds. The highest BCUT2D eigenvalue weighted by molar-refractivity contribution is 5.77. The maximum atomic E-state index is 13.1. The zero-order valence-electron chi connectivity index (χ0n) is 16.7. The van der Waals surface area contributed by atoms with Crippen molar-refractivity contribution >= 4 is 11.7 Å². The van der Waals surface area contributed by atoms with E-state index in [4.69, 9.17) is 0 Å². The Morgan fingerprint density at radius 3 is 2.37 bits per heavy atom. The second-order valence-corrected chi connectivity index (χ2v) is 9.58. The second-order valence-electron chi connectivity index (χ2n) is 9.58. The van der Waals surface area contributed by atoms with E-state index >= 15 is 0 Å². The lowest BCUT2D eigenvalue weighted by atomic mass is 9.55. The quantitative estimate of drug-likeness (QED) is 0.881. The molecule has 2 saturated carbocycles. The third-order valence-electron chi connectivity index (χ3n) is 6.97. The number of rotatable bonds is 3. The summed E-state index contributed by atoms with van der Waals surface area (Å²) in [6, 6.07) is 3.52. The number of amides is 1. The predicted molar refractivity (Wildman–Crippen MR) is 107 cm³/mol. The molecule has 5 heteroatoms. The number of piperazine rings is 1. The number of nitrogens with zero attached hydrogens (tertiary/aromatic N) is 3. The highest BCUT2D eigenvalue weighted by Gasteiger charge is 2.45. The second kappa shape index (κ2) is 7.33. The Bertz CT molecular complexity index is 647. The number of carbonyl (C=O) groups excluding carboxylic acids is 1. The van der Waals surface area contributed by atoms with Gasteiger partial charge in [-0.1, -0.05) is 13.8 Å². The number of hydrogen-bond acceptors (Lipinski definition) is 4. The molecular formula is C22H33N3O2. The molecule has 1 N–H and O–H groups in total. The van der Waals surface area contributed by atoms with Crippen molar-refractivity contribution in [2.24, 2.45) is 23.2 Å². The van der Waals surface area contributed by atoms with Crippen molar-refractivity contribution in [2.45, 2.75) is 52.4 Å². The van der Waals surface area contributed by atoms with E-state index in [0.29, 0.717) is 5.91 Å². The van der Waals surface area contributed by atoms with Gasteiger partial charge in [-0.15, -0.1) is 0 Å². The summed E-state index contributed by atoms with van der Waals surface area (Å²) >= 11 is 0. The van der Waals surface area contributed by atoms with Crippen LogP contribution in [0, 0.1) is 23.2 Å². The molecule has 0 aromatic carbocycles. The Morgan fingerprint density at radius 2 is 1.78 bits per heavy atom. The molecule has 3 fully saturated rings. The van der Waals surface area contributed by atoms with Crippen LogP contribution in [0.5, 0.6) is 5.75 Å². The molecule has 2 unspecified atom stereocenters. The number of carbonyl (C=O) groups is 1. The third kappa shape index (κ3) is 4.07. The molecule has 1 aliphatic heterocycles. The summed E-state index contributed by atoms with van der Waals surface area (Å²) in [6.07, 6.45) is 8.68. The van der Waals surface area contributed by atoms with Gasteiger partial charge >= 0.3 is 0 Å². The first-order valence-corrected chi connectivity index (χ1v) is 10.6. The van der Waals surface area contributed by atoms with E-state index < -0.39 is 0 Å². The molecule has 0 radical (unpaired) electrons. The maximum absolute atomic E-state index is 13.1. The summed E-state index contributed by atoms with van der Waals surface area (Å²) in [5.74, 6) is 3.79. The molecule has 3 aliphatic rings. The zero-order chi connectivity index (χ0) is 19.0. The summed E-state index contributed by atoms with van der Waals surface area (Å²) < 4.78 is 0. The largest absolute Gasteiger partial charge is 0.506 e. The number of fused-ring (bicyclic) bond motifs is 2. The van der Waals surface area contributed by atoms with Crippen LogP contribution in [0.3, 0.4) is 0 Å². The lowest BCUT2D eigenvalue weighted by molar-refractivity contribution is -0.136.